The highest BCUT2D eigenvalue weighted by molar-refractivity contribution is 7.92. The lowest BCUT2D eigenvalue weighted by molar-refractivity contribution is 0.0591. The van der Waals surface area contributed by atoms with Gasteiger partial charge in [0.25, 0.3) is 15.9 Å². The number of anilines is 1. The van der Waals surface area contributed by atoms with Crippen molar-refractivity contribution in [2.45, 2.75) is 57.6 Å². The van der Waals surface area contributed by atoms with E-state index in [1.165, 1.54) is 12.1 Å². The number of hydrogen-bond acceptors (Lipinski definition) is 7. The van der Waals surface area contributed by atoms with Crippen LogP contribution in [0.5, 0.6) is 5.88 Å². The molecule has 41 heavy (non-hydrogen) atoms. The van der Waals surface area contributed by atoms with E-state index in [2.05, 4.69) is 33.4 Å². The lowest BCUT2D eigenvalue weighted by atomic mass is 10.00. The summed E-state index contributed by atoms with van der Waals surface area (Å²) in [5, 5.41) is 0. The molecule has 2 atom stereocenters. The van der Waals surface area contributed by atoms with Gasteiger partial charge in [-0.2, -0.15) is 4.98 Å². The second-order valence-electron chi connectivity index (χ2n) is 11.4. The van der Waals surface area contributed by atoms with Gasteiger partial charge in [-0.15, -0.1) is 12.4 Å². The SMILES string of the molecule is Cc1cccc(C)c1-c1cc2nc(n1)NS(=O)(=O)c1cccc(c1)C(=O)N1C[C@@H](CN(C)C[C@@H]1CCC(C)C)O2.Cl. The number of benzene rings is 2. The van der Waals surface area contributed by atoms with Crippen molar-refractivity contribution in [2.24, 2.45) is 5.92 Å². The average Bonchev–Trinajstić information content (AvgIpc) is 3.04. The van der Waals surface area contributed by atoms with Crippen LogP contribution in [0.4, 0.5) is 5.95 Å². The third-order valence-corrected chi connectivity index (χ3v) is 8.89. The highest BCUT2D eigenvalue weighted by atomic mass is 35.5. The van der Waals surface area contributed by atoms with Gasteiger partial charge < -0.3 is 14.5 Å². The molecule has 6 bridgehead atoms. The molecule has 2 aromatic carbocycles. The van der Waals surface area contributed by atoms with Crippen LogP contribution in [0.2, 0.25) is 0 Å². The Morgan fingerprint density at radius 1 is 1.02 bits per heavy atom. The van der Waals surface area contributed by atoms with Crippen molar-refractivity contribution in [3.8, 4) is 17.1 Å². The normalized spacial score (nSPS) is 20.4. The number of fused-ring (bicyclic) bond motifs is 6. The van der Waals surface area contributed by atoms with Gasteiger partial charge in [0.2, 0.25) is 11.8 Å². The molecule has 0 unspecified atom stereocenters. The first-order chi connectivity index (χ1) is 19.0. The summed E-state index contributed by atoms with van der Waals surface area (Å²) < 4.78 is 35.9. The monoisotopic (exact) mass is 599 g/mol. The second-order valence-corrected chi connectivity index (χ2v) is 13.0. The molecule has 0 saturated carbocycles. The van der Waals surface area contributed by atoms with Gasteiger partial charge in [0.05, 0.1) is 17.1 Å². The van der Waals surface area contributed by atoms with Crippen molar-refractivity contribution in [1.29, 1.82) is 0 Å². The number of halogens is 1. The third kappa shape index (κ3) is 6.82. The van der Waals surface area contributed by atoms with Crippen molar-refractivity contribution in [3.63, 3.8) is 0 Å². The molecule has 0 spiro atoms. The first-order valence-corrected chi connectivity index (χ1v) is 15.2. The molecule has 0 radical (unpaired) electrons. The highest BCUT2D eigenvalue weighted by Gasteiger charge is 2.34. The minimum atomic E-state index is -4.08. The van der Waals surface area contributed by atoms with E-state index >= 15 is 0 Å². The quantitative estimate of drug-likeness (QED) is 0.453. The minimum absolute atomic E-state index is 0. The Bertz CT molecular complexity index is 1510. The lowest BCUT2D eigenvalue weighted by Crippen LogP contribution is -2.46. The van der Waals surface area contributed by atoms with E-state index in [0.717, 1.165) is 29.5 Å². The molecule has 1 aromatic heterocycles. The van der Waals surface area contributed by atoms with Gasteiger partial charge >= 0.3 is 0 Å². The number of carbonyl (C=O) groups excluding carboxylic acids is 1. The van der Waals surface area contributed by atoms with Crippen LogP contribution in [0.15, 0.2) is 53.4 Å². The van der Waals surface area contributed by atoms with Gasteiger partial charge in [-0.05, 0) is 69.0 Å². The Kier molecular flexibility index (Phi) is 9.25. The van der Waals surface area contributed by atoms with Crippen LogP contribution in [0.1, 0.15) is 48.2 Å². The van der Waals surface area contributed by atoms with E-state index in [1.54, 1.807) is 18.2 Å². The Balaban J connectivity index is 0.00000387. The molecule has 2 aliphatic heterocycles. The predicted molar refractivity (Wildman–Crippen MR) is 162 cm³/mol. The first-order valence-electron chi connectivity index (χ1n) is 13.7. The zero-order chi connectivity index (χ0) is 28.6. The van der Waals surface area contributed by atoms with E-state index in [4.69, 9.17) is 4.74 Å². The van der Waals surface area contributed by atoms with Gasteiger partial charge in [0.1, 0.15) is 6.10 Å². The fourth-order valence-electron chi connectivity index (χ4n) is 5.59. The molecule has 2 aliphatic rings. The molecule has 11 heteroatoms. The maximum atomic E-state index is 14.0. The van der Waals surface area contributed by atoms with Gasteiger partial charge in [-0.3, -0.25) is 4.79 Å². The average molecular weight is 600 g/mol. The summed E-state index contributed by atoms with van der Waals surface area (Å²) in [4.78, 5) is 27.1. The number of ether oxygens (including phenoxy) is 1. The van der Waals surface area contributed by atoms with Crippen LogP contribution in [-0.4, -0.2) is 72.9 Å². The number of aromatic nitrogens is 2. The zero-order valence-electron chi connectivity index (χ0n) is 24.1. The summed E-state index contributed by atoms with van der Waals surface area (Å²) in [6, 6.07) is 13.8. The summed E-state index contributed by atoms with van der Waals surface area (Å²) in [5.74, 6) is 0.458. The van der Waals surface area contributed by atoms with Crippen molar-refractivity contribution in [1.82, 2.24) is 19.8 Å². The van der Waals surface area contributed by atoms with E-state index in [-0.39, 0.29) is 47.2 Å². The fourth-order valence-corrected chi connectivity index (χ4v) is 6.58. The topological polar surface area (TPSA) is 105 Å². The van der Waals surface area contributed by atoms with E-state index in [9.17, 15) is 13.2 Å². The van der Waals surface area contributed by atoms with Crippen LogP contribution in [-0.2, 0) is 10.0 Å². The molecule has 1 saturated heterocycles. The smallest absolute Gasteiger partial charge is 0.264 e. The molecule has 1 N–H and O–H groups in total. The summed E-state index contributed by atoms with van der Waals surface area (Å²) >= 11 is 0. The standard InChI is InChI=1S/C30H37N5O4S.ClH/c1-19(2)12-13-23-16-34(5)17-24-18-35(23)29(36)22-10-7-11-25(14-22)40(37,38)33-30-31-26(15-27(32-30)39-24)28-20(3)8-6-9-21(28)4;/h6-11,14-15,19,23-24H,12-13,16-18H2,1-5H3,(H,31,32,33);1H/t23-,24+;/m0./s1. The Labute approximate surface area is 248 Å². The number of hydrogen-bond donors (Lipinski definition) is 1. The van der Waals surface area contributed by atoms with Crippen molar-refractivity contribution >= 4 is 34.3 Å². The molecule has 9 nitrogen and oxygen atoms in total. The molecular weight excluding hydrogens is 562 g/mol. The predicted octanol–water partition coefficient (Wildman–Crippen LogP) is 4.94. The number of rotatable bonds is 4. The maximum absolute atomic E-state index is 14.0. The van der Waals surface area contributed by atoms with Crippen LogP contribution in [0.25, 0.3) is 11.3 Å². The molecule has 1 fully saturated rings. The number of carbonyl (C=O) groups is 1. The number of likely N-dealkylation sites (N-methyl/N-ethyl adjacent to an activating group) is 1. The van der Waals surface area contributed by atoms with Gasteiger partial charge in [-0.1, -0.05) is 38.1 Å². The number of aryl methyl sites for hydroxylation is 2. The van der Waals surface area contributed by atoms with Gasteiger partial charge in [-0.25, -0.2) is 18.1 Å². The van der Waals surface area contributed by atoms with Gasteiger partial charge in [0.15, 0.2) is 0 Å². The molecule has 1 amide bonds. The van der Waals surface area contributed by atoms with Crippen molar-refractivity contribution < 1.29 is 17.9 Å². The first kappa shape index (κ1) is 30.7. The molecule has 0 aliphatic carbocycles. The molecule has 3 heterocycles. The molecule has 220 valence electrons. The third-order valence-electron chi connectivity index (χ3n) is 7.56. The largest absolute Gasteiger partial charge is 0.471 e. The van der Waals surface area contributed by atoms with E-state index in [0.29, 0.717) is 36.8 Å². The molecule has 3 aromatic rings. The zero-order valence-corrected chi connectivity index (χ0v) is 25.8. The number of nitrogens with zero attached hydrogens (tertiary/aromatic N) is 4. The van der Waals surface area contributed by atoms with Crippen LogP contribution < -0.4 is 9.46 Å². The van der Waals surface area contributed by atoms with E-state index < -0.39 is 10.0 Å². The highest BCUT2D eigenvalue weighted by Crippen LogP contribution is 2.31. The van der Waals surface area contributed by atoms with Crippen molar-refractivity contribution in [3.05, 3.63) is 65.2 Å². The molecule has 5 rings (SSSR count). The van der Waals surface area contributed by atoms with Gasteiger partial charge in [0, 0.05) is 36.3 Å². The number of sulfonamides is 1. The second kappa shape index (κ2) is 12.3. The Morgan fingerprint density at radius 3 is 2.44 bits per heavy atom. The summed E-state index contributed by atoms with van der Waals surface area (Å²) in [6.07, 6.45) is 1.43. The van der Waals surface area contributed by atoms with Crippen molar-refractivity contribution in [2.75, 3.05) is 31.4 Å². The number of amides is 1. The number of nitrogens with one attached hydrogen (secondary N) is 1. The minimum Gasteiger partial charge on any atom is -0.471 e. The van der Waals surface area contributed by atoms with Crippen LogP contribution >= 0.6 is 12.4 Å². The Morgan fingerprint density at radius 2 is 1.73 bits per heavy atom. The Hall–Kier alpha value is -3.21. The fraction of sp³-hybridized carbons (Fsp3) is 0.433. The maximum Gasteiger partial charge on any atom is 0.264 e. The lowest BCUT2D eigenvalue weighted by Gasteiger charge is -2.32. The van der Waals surface area contributed by atoms with Crippen LogP contribution in [0, 0.1) is 19.8 Å². The van der Waals surface area contributed by atoms with Crippen LogP contribution in [0.3, 0.4) is 0 Å². The van der Waals surface area contributed by atoms with E-state index in [1.807, 2.05) is 44.0 Å². The molecular formula is C30H38ClN5O4S. The summed E-state index contributed by atoms with van der Waals surface area (Å²) in [6.45, 7) is 9.97. The summed E-state index contributed by atoms with van der Waals surface area (Å²) in [5.41, 5.74) is 3.78. The summed E-state index contributed by atoms with van der Waals surface area (Å²) in [7, 11) is -2.04.